The van der Waals surface area contributed by atoms with Crippen molar-refractivity contribution in [2.24, 2.45) is 0 Å². The van der Waals surface area contributed by atoms with Crippen LogP contribution in [0.4, 0.5) is 13.2 Å². The fourth-order valence-corrected chi connectivity index (χ4v) is 2.38. The molecule has 1 aliphatic rings. The molecule has 0 unspecified atom stereocenters. The number of carbonyl (C=O) groups is 1. The highest BCUT2D eigenvalue weighted by Crippen LogP contribution is 2.23. The fraction of sp³-hybridized carbons (Fsp3) is 0.667. The van der Waals surface area contributed by atoms with Crippen molar-refractivity contribution >= 4 is 5.91 Å². The summed E-state index contributed by atoms with van der Waals surface area (Å²) < 4.78 is 36.0. The highest BCUT2D eigenvalue weighted by atomic mass is 19.4. The molecule has 112 valence electrons. The SMILES string of the molecule is O=C(CN1CCC[C@H](c2ncc[nH]2)C1)NCC(F)(F)F. The van der Waals surface area contributed by atoms with E-state index in [2.05, 4.69) is 9.97 Å². The van der Waals surface area contributed by atoms with E-state index < -0.39 is 18.6 Å². The van der Waals surface area contributed by atoms with E-state index in [9.17, 15) is 18.0 Å². The second-order valence-corrected chi connectivity index (χ2v) is 4.94. The van der Waals surface area contributed by atoms with Crippen LogP contribution in [-0.2, 0) is 4.79 Å². The standard InChI is InChI=1S/C12H17F3N4O/c13-12(14,15)8-18-10(20)7-19-5-1-2-9(6-19)11-16-3-4-17-11/h3-4,9H,1-2,5-8H2,(H,16,17)(H,18,20)/t9-/m0/s1. The van der Waals surface area contributed by atoms with Crippen LogP contribution in [0.25, 0.3) is 0 Å². The van der Waals surface area contributed by atoms with E-state index in [1.54, 1.807) is 12.4 Å². The van der Waals surface area contributed by atoms with E-state index in [-0.39, 0.29) is 12.5 Å². The average Bonchev–Trinajstić information content (AvgIpc) is 2.90. The highest BCUT2D eigenvalue weighted by Gasteiger charge is 2.29. The van der Waals surface area contributed by atoms with Gasteiger partial charge in [-0.15, -0.1) is 0 Å². The summed E-state index contributed by atoms with van der Waals surface area (Å²) >= 11 is 0. The van der Waals surface area contributed by atoms with Gasteiger partial charge in [0.25, 0.3) is 0 Å². The van der Waals surface area contributed by atoms with E-state index in [0.29, 0.717) is 6.54 Å². The molecule has 2 heterocycles. The van der Waals surface area contributed by atoms with E-state index >= 15 is 0 Å². The molecule has 1 aromatic rings. The first-order chi connectivity index (χ1) is 9.44. The first-order valence-electron chi connectivity index (χ1n) is 6.49. The number of aromatic nitrogens is 2. The van der Waals surface area contributed by atoms with E-state index in [0.717, 1.165) is 25.2 Å². The number of aromatic amines is 1. The molecule has 8 heteroatoms. The lowest BCUT2D eigenvalue weighted by molar-refractivity contribution is -0.139. The third-order valence-corrected chi connectivity index (χ3v) is 3.26. The molecule has 0 aliphatic carbocycles. The maximum absolute atomic E-state index is 12.0. The summed E-state index contributed by atoms with van der Waals surface area (Å²) in [7, 11) is 0. The zero-order chi connectivity index (χ0) is 14.6. The van der Waals surface area contributed by atoms with Gasteiger partial charge in [-0.1, -0.05) is 0 Å². The monoisotopic (exact) mass is 290 g/mol. The molecule has 1 saturated heterocycles. The van der Waals surface area contributed by atoms with Gasteiger partial charge < -0.3 is 10.3 Å². The number of halogens is 3. The molecule has 20 heavy (non-hydrogen) atoms. The molecular formula is C12H17F3N4O. The summed E-state index contributed by atoms with van der Waals surface area (Å²) in [4.78, 5) is 20.6. The number of piperidine rings is 1. The Hall–Kier alpha value is -1.57. The van der Waals surface area contributed by atoms with Crippen molar-refractivity contribution < 1.29 is 18.0 Å². The first kappa shape index (κ1) is 14.8. The number of alkyl halides is 3. The zero-order valence-electron chi connectivity index (χ0n) is 10.9. The van der Waals surface area contributed by atoms with E-state index in [4.69, 9.17) is 0 Å². The Morgan fingerprint density at radius 2 is 2.35 bits per heavy atom. The molecule has 5 nitrogen and oxygen atoms in total. The van der Waals surface area contributed by atoms with Crippen molar-refractivity contribution in [1.82, 2.24) is 20.2 Å². The predicted octanol–water partition coefficient (Wildman–Crippen LogP) is 1.27. The van der Waals surface area contributed by atoms with Gasteiger partial charge in [-0.25, -0.2) is 4.98 Å². The third kappa shape index (κ3) is 4.52. The van der Waals surface area contributed by atoms with Crippen LogP contribution in [0.15, 0.2) is 12.4 Å². The summed E-state index contributed by atoms with van der Waals surface area (Å²) in [6.45, 7) is 0.0676. The molecule has 0 saturated carbocycles. The minimum atomic E-state index is -4.37. The number of imidazole rings is 1. The average molecular weight is 290 g/mol. The number of rotatable bonds is 4. The maximum Gasteiger partial charge on any atom is 0.405 e. The van der Waals surface area contributed by atoms with Gasteiger partial charge in [-0.3, -0.25) is 9.69 Å². The molecule has 1 atom stereocenters. The van der Waals surface area contributed by atoms with Crippen LogP contribution in [0, 0.1) is 0 Å². The lowest BCUT2D eigenvalue weighted by atomic mass is 9.97. The van der Waals surface area contributed by atoms with Crippen molar-refractivity contribution in [3.05, 3.63) is 18.2 Å². The Bertz CT molecular complexity index is 432. The number of nitrogens with one attached hydrogen (secondary N) is 2. The number of likely N-dealkylation sites (tertiary alicyclic amines) is 1. The smallest absolute Gasteiger partial charge is 0.348 e. The molecule has 0 radical (unpaired) electrons. The number of hydrogen-bond donors (Lipinski definition) is 2. The van der Waals surface area contributed by atoms with Crippen LogP contribution in [0.3, 0.4) is 0 Å². The minimum Gasteiger partial charge on any atom is -0.348 e. The molecule has 0 aromatic carbocycles. The van der Waals surface area contributed by atoms with Gasteiger partial charge in [-0.05, 0) is 19.4 Å². The molecule has 2 rings (SSSR count). The Morgan fingerprint density at radius 1 is 1.55 bits per heavy atom. The van der Waals surface area contributed by atoms with Gasteiger partial charge in [-0.2, -0.15) is 13.2 Å². The number of H-pyrrole nitrogens is 1. The van der Waals surface area contributed by atoms with Crippen molar-refractivity contribution in [1.29, 1.82) is 0 Å². The molecule has 0 spiro atoms. The Morgan fingerprint density at radius 3 is 3.00 bits per heavy atom. The summed E-state index contributed by atoms with van der Waals surface area (Å²) in [5.74, 6) is 0.474. The van der Waals surface area contributed by atoms with Gasteiger partial charge in [0, 0.05) is 24.9 Å². The second kappa shape index (κ2) is 6.25. The Labute approximate surface area is 114 Å². The Kier molecular flexibility index (Phi) is 4.64. The van der Waals surface area contributed by atoms with Crippen LogP contribution < -0.4 is 5.32 Å². The highest BCUT2D eigenvalue weighted by molar-refractivity contribution is 5.78. The van der Waals surface area contributed by atoms with Gasteiger partial charge in [0.2, 0.25) is 5.91 Å². The Balaban J connectivity index is 1.79. The lowest BCUT2D eigenvalue weighted by Crippen LogP contribution is -2.44. The van der Waals surface area contributed by atoms with Crippen molar-refractivity contribution in [3.63, 3.8) is 0 Å². The maximum atomic E-state index is 12.0. The second-order valence-electron chi connectivity index (χ2n) is 4.94. The van der Waals surface area contributed by atoms with Gasteiger partial charge in [0.05, 0.1) is 6.54 Å². The summed E-state index contributed by atoms with van der Waals surface area (Å²) in [6.07, 6.45) is 0.912. The number of carbonyl (C=O) groups excluding carboxylic acids is 1. The van der Waals surface area contributed by atoms with Crippen LogP contribution in [0.1, 0.15) is 24.6 Å². The lowest BCUT2D eigenvalue weighted by Gasteiger charge is -2.31. The number of hydrogen-bond acceptors (Lipinski definition) is 3. The normalized spacial score (nSPS) is 20.9. The molecule has 2 N–H and O–H groups in total. The molecule has 1 amide bonds. The van der Waals surface area contributed by atoms with E-state index in [1.807, 2.05) is 10.2 Å². The summed E-state index contributed by atoms with van der Waals surface area (Å²) in [5, 5.41) is 1.89. The first-order valence-corrected chi connectivity index (χ1v) is 6.49. The predicted molar refractivity (Wildman–Crippen MR) is 66.1 cm³/mol. The summed E-state index contributed by atoms with van der Waals surface area (Å²) in [6, 6.07) is 0. The van der Waals surface area contributed by atoms with Crippen molar-refractivity contribution in [2.75, 3.05) is 26.2 Å². The molecule has 1 aromatic heterocycles. The number of nitrogens with zero attached hydrogens (tertiary/aromatic N) is 2. The van der Waals surface area contributed by atoms with Crippen LogP contribution in [-0.4, -0.2) is 53.1 Å². The minimum absolute atomic E-state index is 0.00666. The quantitative estimate of drug-likeness (QED) is 0.878. The van der Waals surface area contributed by atoms with Crippen LogP contribution >= 0.6 is 0 Å². The molecule has 1 fully saturated rings. The van der Waals surface area contributed by atoms with Crippen molar-refractivity contribution in [2.45, 2.75) is 24.9 Å². The fourth-order valence-electron chi connectivity index (χ4n) is 2.38. The van der Waals surface area contributed by atoms with Crippen LogP contribution in [0.5, 0.6) is 0 Å². The summed E-state index contributed by atoms with van der Waals surface area (Å²) in [5.41, 5.74) is 0. The third-order valence-electron chi connectivity index (χ3n) is 3.26. The number of amides is 1. The zero-order valence-corrected chi connectivity index (χ0v) is 10.9. The molecule has 0 bridgehead atoms. The van der Waals surface area contributed by atoms with Gasteiger partial charge in [0.15, 0.2) is 0 Å². The van der Waals surface area contributed by atoms with Gasteiger partial charge in [0.1, 0.15) is 12.4 Å². The van der Waals surface area contributed by atoms with Crippen LogP contribution in [0.2, 0.25) is 0 Å². The molecular weight excluding hydrogens is 273 g/mol. The van der Waals surface area contributed by atoms with Gasteiger partial charge >= 0.3 is 6.18 Å². The van der Waals surface area contributed by atoms with E-state index in [1.165, 1.54) is 0 Å². The largest absolute Gasteiger partial charge is 0.405 e. The van der Waals surface area contributed by atoms with Crippen molar-refractivity contribution in [3.8, 4) is 0 Å². The molecule has 1 aliphatic heterocycles. The topological polar surface area (TPSA) is 61.0 Å².